The summed E-state index contributed by atoms with van der Waals surface area (Å²) >= 11 is 6.02. The number of ether oxygens (including phenoxy) is 1. The van der Waals surface area contributed by atoms with E-state index >= 15 is 0 Å². The minimum atomic E-state index is -0.656. The maximum absolute atomic E-state index is 13.4. The average Bonchev–Trinajstić information content (AvgIpc) is 3.72. The van der Waals surface area contributed by atoms with E-state index in [4.69, 9.17) is 16.3 Å². The Morgan fingerprint density at radius 3 is 2.66 bits per heavy atom. The molecule has 1 N–H and O–H groups in total. The molecule has 5 aromatic rings. The molecule has 1 saturated heterocycles. The second kappa shape index (κ2) is 9.55. The number of hydrogen-bond acceptors (Lipinski definition) is 10. The molecule has 6 rings (SSSR count). The van der Waals surface area contributed by atoms with E-state index < -0.39 is 11.7 Å². The number of pyridine rings is 2. The molecule has 0 aromatic carbocycles. The summed E-state index contributed by atoms with van der Waals surface area (Å²) in [4.78, 5) is 41.9. The SMILES string of the molecule is COc1cnc(-n2cc(Cl)cn2)c2[nH]cc(C(=O)C(=O)N3CCN(c4nnnn4-c4ccccn4)CC3)c12. The van der Waals surface area contributed by atoms with Crippen LogP contribution in [0.1, 0.15) is 10.4 Å². The number of aromatic amines is 1. The Hall–Kier alpha value is -4.85. The molecule has 1 aliphatic heterocycles. The predicted octanol–water partition coefficient (Wildman–Crippen LogP) is 1.31. The van der Waals surface area contributed by atoms with Crippen LogP contribution >= 0.6 is 11.6 Å². The van der Waals surface area contributed by atoms with Crippen molar-refractivity contribution in [3.8, 4) is 17.4 Å². The molecule has 0 saturated carbocycles. The molecule has 6 heterocycles. The molecule has 38 heavy (non-hydrogen) atoms. The zero-order valence-electron chi connectivity index (χ0n) is 20.0. The number of ketones is 1. The number of hydrogen-bond donors (Lipinski definition) is 1. The van der Waals surface area contributed by atoms with Gasteiger partial charge in [0.1, 0.15) is 5.75 Å². The first kappa shape index (κ1) is 23.5. The quantitative estimate of drug-likeness (QED) is 0.249. The number of carbonyl (C=O) groups excluding carboxylic acids is 2. The topological polar surface area (TPSA) is 153 Å². The second-order valence-corrected chi connectivity index (χ2v) is 8.83. The Morgan fingerprint density at radius 2 is 1.95 bits per heavy atom. The maximum atomic E-state index is 13.4. The van der Waals surface area contributed by atoms with Crippen LogP contribution in [0.2, 0.25) is 5.02 Å². The van der Waals surface area contributed by atoms with Gasteiger partial charge < -0.3 is 19.5 Å². The van der Waals surface area contributed by atoms with Crippen LogP contribution in [0, 0.1) is 0 Å². The Bertz CT molecular complexity index is 1640. The average molecular weight is 534 g/mol. The van der Waals surface area contributed by atoms with Crippen molar-refractivity contribution in [2.75, 3.05) is 38.2 Å². The summed E-state index contributed by atoms with van der Waals surface area (Å²) in [6.07, 6.45) is 7.69. The van der Waals surface area contributed by atoms with Crippen molar-refractivity contribution in [2.24, 2.45) is 0 Å². The molecular formula is C23H20ClN11O3. The largest absolute Gasteiger partial charge is 0.494 e. The molecule has 0 unspecified atom stereocenters. The fraction of sp³-hybridized carbons (Fsp3) is 0.217. The first-order chi connectivity index (χ1) is 18.5. The number of nitrogens with zero attached hydrogens (tertiary/aromatic N) is 10. The lowest BCUT2D eigenvalue weighted by atomic mass is 10.1. The Balaban J connectivity index is 1.22. The van der Waals surface area contributed by atoms with Crippen LogP contribution in [-0.2, 0) is 4.79 Å². The van der Waals surface area contributed by atoms with E-state index in [1.165, 1.54) is 35.3 Å². The van der Waals surface area contributed by atoms with Crippen molar-refractivity contribution in [3.05, 3.63) is 59.8 Å². The van der Waals surface area contributed by atoms with Gasteiger partial charge in [0.25, 0.3) is 17.6 Å². The molecule has 1 amide bonds. The number of carbonyl (C=O) groups is 2. The van der Waals surface area contributed by atoms with Crippen LogP contribution < -0.4 is 9.64 Å². The van der Waals surface area contributed by atoms with Gasteiger partial charge in [0.05, 0.1) is 47.2 Å². The summed E-state index contributed by atoms with van der Waals surface area (Å²) in [5.41, 5.74) is 0.678. The highest BCUT2D eigenvalue weighted by molar-refractivity contribution is 6.45. The zero-order valence-corrected chi connectivity index (χ0v) is 20.8. The maximum Gasteiger partial charge on any atom is 0.295 e. The van der Waals surface area contributed by atoms with Gasteiger partial charge >= 0.3 is 0 Å². The fourth-order valence-electron chi connectivity index (χ4n) is 4.40. The summed E-state index contributed by atoms with van der Waals surface area (Å²) in [6, 6.07) is 5.46. The number of anilines is 1. The van der Waals surface area contributed by atoms with Crippen LogP contribution in [0.3, 0.4) is 0 Å². The highest BCUT2D eigenvalue weighted by Gasteiger charge is 2.31. The Kier molecular flexibility index (Phi) is 5.92. The Labute approximate surface area is 219 Å². The first-order valence-corrected chi connectivity index (χ1v) is 12.0. The number of aromatic nitrogens is 9. The van der Waals surface area contributed by atoms with Crippen molar-refractivity contribution in [1.82, 2.24) is 49.8 Å². The van der Waals surface area contributed by atoms with Gasteiger partial charge in [-0.1, -0.05) is 22.8 Å². The number of fused-ring (bicyclic) bond motifs is 1. The number of methoxy groups -OCH3 is 1. The lowest BCUT2D eigenvalue weighted by molar-refractivity contribution is -0.126. The third-order valence-corrected chi connectivity index (χ3v) is 6.45. The van der Waals surface area contributed by atoms with Crippen molar-refractivity contribution in [3.63, 3.8) is 0 Å². The van der Waals surface area contributed by atoms with Crippen molar-refractivity contribution in [2.45, 2.75) is 0 Å². The van der Waals surface area contributed by atoms with E-state index in [2.05, 4.69) is 35.6 Å². The molecule has 1 fully saturated rings. The molecule has 14 nitrogen and oxygen atoms in total. The highest BCUT2D eigenvalue weighted by Crippen LogP contribution is 2.32. The summed E-state index contributed by atoms with van der Waals surface area (Å²) in [7, 11) is 1.47. The van der Waals surface area contributed by atoms with Gasteiger partial charge in [-0.2, -0.15) is 9.78 Å². The van der Waals surface area contributed by atoms with E-state index in [-0.39, 0.29) is 5.56 Å². The standard InChI is InChI=1S/C23H20ClN11O3/c1-38-16-12-27-21(34-13-14(24)10-28-34)19-18(16)15(11-26-19)20(36)22(37)32-6-8-33(9-7-32)23-29-30-31-35(23)17-4-2-3-5-25-17/h2-5,10-13,26H,6-9H2,1H3. The molecular weight excluding hydrogens is 514 g/mol. The van der Waals surface area contributed by atoms with E-state index in [9.17, 15) is 9.59 Å². The summed E-state index contributed by atoms with van der Waals surface area (Å²) in [5.74, 6) is 0.598. The number of halogens is 1. The monoisotopic (exact) mass is 533 g/mol. The van der Waals surface area contributed by atoms with Crippen LogP contribution in [0.4, 0.5) is 5.95 Å². The number of piperazine rings is 1. The van der Waals surface area contributed by atoms with E-state index in [0.717, 1.165) is 0 Å². The van der Waals surface area contributed by atoms with Crippen LogP contribution in [-0.4, -0.2) is 94.8 Å². The van der Waals surface area contributed by atoms with Crippen LogP contribution in [0.25, 0.3) is 22.5 Å². The van der Waals surface area contributed by atoms with E-state index in [1.807, 2.05) is 17.0 Å². The number of amides is 1. The van der Waals surface area contributed by atoms with Gasteiger partial charge in [0, 0.05) is 38.6 Å². The number of tetrazole rings is 1. The number of nitrogens with one attached hydrogen (secondary N) is 1. The lowest BCUT2D eigenvalue weighted by Crippen LogP contribution is -2.51. The van der Waals surface area contributed by atoms with Gasteiger partial charge in [-0.05, 0) is 22.6 Å². The molecule has 0 radical (unpaired) electrons. The van der Waals surface area contributed by atoms with Gasteiger partial charge in [0.15, 0.2) is 11.6 Å². The summed E-state index contributed by atoms with van der Waals surface area (Å²) in [6.45, 7) is 1.52. The minimum Gasteiger partial charge on any atom is -0.494 e. The third kappa shape index (κ3) is 4.00. The minimum absolute atomic E-state index is 0.185. The van der Waals surface area contributed by atoms with Crippen LogP contribution in [0.15, 0.2) is 49.2 Å². The van der Waals surface area contributed by atoms with Gasteiger partial charge in [-0.3, -0.25) is 9.59 Å². The van der Waals surface area contributed by atoms with Crippen molar-refractivity contribution in [1.29, 1.82) is 0 Å². The second-order valence-electron chi connectivity index (χ2n) is 8.39. The third-order valence-electron chi connectivity index (χ3n) is 6.25. The molecule has 5 aromatic heterocycles. The normalized spacial score (nSPS) is 13.7. The first-order valence-electron chi connectivity index (χ1n) is 11.6. The molecule has 192 valence electrons. The molecule has 0 spiro atoms. The molecule has 1 aliphatic rings. The summed E-state index contributed by atoms with van der Waals surface area (Å²) in [5, 5.41) is 17.0. The zero-order chi connectivity index (χ0) is 26.2. The molecule has 15 heteroatoms. The van der Waals surface area contributed by atoms with Crippen molar-refractivity contribution < 1.29 is 14.3 Å². The molecule has 0 bridgehead atoms. The smallest absolute Gasteiger partial charge is 0.295 e. The van der Waals surface area contributed by atoms with Crippen LogP contribution in [0.5, 0.6) is 5.75 Å². The Morgan fingerprint density at radius 1 is 1.11 bits per heavy atom. The summed E-state index contributed by atoms with van der Waals surface area (Å²) < 4.78 is 8.47. The van der Waals surface area contributed by atoms with Crippen molar-refractivity contribution >= 4 is 40.1 Å². The van der Waals surface area contributed by atoms with Gasteiger partial charge in [-0.25, -0.2) is 14.6 Å². The molecule has 0 aliphatic carbocycles. The van der Waals surface area contributed by atoms with Gasteiger partial charge in [0.2, 0.25) is 0 Å². The van der Waals surface area contributed by atoms with E-state index in [0.29, 0.717) is 65.4 Å². The number of H-pyrrole nitrogens is 1. The van der Waals surface area contributed by atoms with Gasteiger partial charge in [-0.15, -0.1) is 0 Å². The van der Waals surface area contributed by atoms with E-state index in [1.54, 1.807) is 23.1 Å². The number of rotatable bonds is 6. The molecule has 0 atom stereocenters. The lowest BCUT2D eigenvalue weighted by Gasteiger charge is -2.34. The fourth-order valence-corrected chi connectivity index (χ4v) is 4.54. The highest BCUT2D eigenvalue weighted by atomic mass is 35.5. The predicted molar refractivity (Wildman–Crippen MR) is 135 cm³/mol. The number of Topliss-reactive ketones (excluding diaryl/α,β-unsaturated/α-hetero) is 1.